The maximum absolute atomic E-state index is 12.8. The minimum absolute atomic E-state index is 0.00283. The number of thiazole rings is 1. The van der Waals surface area contributed by atoms with Crippen LogP contribution in [0.2, 0.25) is 0 Å². The smallest absolute Gasteiger partial charge is 0.409 e. The molecule has 6 nitrogen and oxygen atoms in total. The first-order valence-corrected chi connectivity index (χ1v) is 8.96. The number of carbonyl (C=O) groups excluding carboxylic acids is 2. The van der Waals surface area contributed by atoms with E-state index in [0.29, 0.717) is 24.8 Å². The zero-order chi connectivity index (χ0) is 17.1. The molecule has 0 radical (unpaired) electrons. The average Bonchev–Trinajstić information content (AvgIpc) is 3.05. The van der Waals surface area contributed by atoms with Crippen LogP contribution in [0.1, 0.15) is 19.8 Å². The lowest BCUT2D eigenvalue weighted by atomic mass is 9.97. The molecule has 24 heavy (non-hydrogen) atoms. The van der Waals surface area contributed by atoms with Gasteiger partial charge in [-0.1, -0.05) is 23.5 Å². The van der Waals surface area contributed by atoms with Crippen LogP contribution in [0.3, 0.4) is 0 Å². The van der Waals surface area contributed by atoms with Crippen LogP contribution in [0.15, 0.2) is 24.3 Å². The highest BCUT2D eigenvalue weighted by molar-refractivity contribution is 7.22. The van der Waals surface area contributed by atoms with Gasteiger partial charge in [-0.25, -0.2) is 9.78 Å². The maximum atomic E-state index is 12.8. The van der Waals surface area contributed by atoms with E-state index in [2.05, 4.69) is 4.98 Å². The standard InChI is InChI=1S/C17H21N3O3S/c1-3-23-17(22)20-10-6-7-12(11-20)15(21)19(2)16-18-13-8-4-5-9-14(13)24-16/h4-5,8-9,12H,3,6-7,10-11H2,1-2H3. The molecule has 1 unspecified atom stereocenters. The number of fused-ring (bicyclic) bond motifs is 1. The van der Waals surface area contributed by atoms with Crippen molar-refractivity contribution in [1.82, 2.24) is 9.88 Å². The van der Waals surface area contributed by atoms with E-state index in [9.17, 15) is 9.59 Å². The normalized spacial score (nSPS) is 17.8. The summed E-state index contributed by atoms with van der Waals surface area (Å²) in [5, 5.41) is 0.689. The Labute approximate surface area is 145 Å². The van der Waals surface area contributed by atoms with E-state index in [1.165, 1.54) is 11.3 Å². The summed E-state index contributed by atoms with van der Waals surface area (Å²) in [5.74, 6) is -0.205. The first kappa shape index (κ1) is 16.7. The Bertz CT molecular complexity index is 713. The average molecular weight is 347 g/mol. The fraction of sp³-hybridized carbons (Fsp3) is 0.471. The molecule has 2 aromatic rings. The molecule has 0 bridgehead atoms. The molecule has 1 fully saturated rings. The van der Waals surface area contributed by atoms with E-state index < -0.39 is 0 Å². The Hall–Kier alpha value is -2.15. The molecule has 1 atom stereocenters. The highest BCUT2D eigenvalue weighted by Crippen LogP contribution is 2.29. The van der Waals surface area contributed by atoms with Crippen molar-refractivity contribution in [3.05, 3.63) is 24.3 Å². The minimum Gasteiger partial charge on any atom is -0.450 e. The Morgan fingerprint density at radius 2 is 2.21 bits per heavy atom. The summed E-state index contributed by atoms with van der Waals surface area (Å²) < 4.78 is 6.11. The van der Waals surface area contributed by atoms with Crippen molar-refractivity contribution in [2.24, 2.45) is 5.92 Å². The number of amides is 2. The molecule has 7 heteroatoms. The predicted molar refractivity (Wildman–Crippen MR) is 94.3 cm³/mol. The third-order valence-corrected chi connectivity index (χ3v) is 5.31. The van der Waals surface area contributed by atoms with Gasteiger partial charge >= 0.3 is 6.09 Å². The summed E-state index contributed by atoms with van der Waals surface area (Å²) in [6.45, 7) is 3.19. The molecule has 3 rings (SSSR count). The SMILES string of the molecule is CCOC(=O)N1CCCC(C(=O)N(C)c2nc3ccccc3s2)C1. The number of benzene rings is 1. The maximum Gasteiger partial charge on any atom is 0.409 e. The zero-order valence-corrected chi connectivity index (χ0v) is 14.7. The summed E-state index contributed by atoms with van der Waals surface area (Å²) >= 11 is 1.50. The van der Waals surface area contributed by atoms with Crippen molar-refractivity contribution in [1.29, 1.82) is 0 Å². The van der Waals surface area contributed by atoms with E-state index in [1.807, 2.05) is 24.3 Å². The van der Waals surface area contributed by atoms with Gasteiger partial charge in [-0.15, -0.1) is 0 Å². The molecule has 1 aromatic carbocycles. The second-order valence-electron chi connectivity index (χ2n) is 5.85. The van der Waals surface area contributed by atoms with Crippen LogP contribution in [0.25, 0.3) is 10.2 Å². The molecule has 2 amide bonds. The number of nitrogens with zero attached hydrogens (tertiary/aromatic N) is 3. The number of anilines is 1. The molecule has 1 aliphatic heterocycles. The van der Waals surface area contributed by atoms with Gasteiger partial charge < -0.3 is 9.64 Å². The summed E-state index contributed by atoms with van der Waals surface area (Å²) in [4.78, 5) is 32.5. The molecule has 0 saturated carbocycles. The number of piperidine rings is 1. The second kappa shape index (κ2) is 7.17. The lowest BCUT2D eigenvalue weighted by molar-refractivity contribution is -0.123. The van der Waals surface area contributed by atoms with Gasteiger partial charge in [-0.3, -0.25) is 9.69 Å². The quantitative estimate of drug-likeness (QED) is 0.856. The Morgan fingerprint density at radius 1 is 1.42 bits per heavy atom. The minimum atomic E-state index is -0.336. The van der Waals surface area contributed by atoms with Gasteiger partial charge in [0.1, 0.15) is 0 Å². The lowest BCUT2D eigenvalue weighted by Gasteiger charge is -2.32. The highest BCUT2D eigenvalue weighted by atomic mass is 32.1. The van der Waals surface area contributed by atoms with Crippen molar-refractivity contribution in [2.45, 2.75) is 19.8 Å². The van der Waals surface area contributed by atoms with Crippen molar-refractivity contribution in [3.63, 3.8) is 0 Å². The molecule has 1 saturated heterocycles. The first-order valence-electron chi connectivity index (χ1n) is 8.15. The Balaban J connectivity index is 1.71. The highest BCUT2D eigenvalue weighted by Gasteiger charge is 2.31. The largest absolute Gasteiger partial charge is 0.450 e. The van der Waals surface area contributed by atoms with Gasteiger partial charge in [0.25, 0.3) is 0 Å². The van der Waals surface area contributed by atoms with Crippen LogP contribution < -0.4 is 4.90 Å². The summed E-state index contributed by atoms with van der Waals surface area (Å²) in [6.07, 6.45) is 1.25. The van der Waals surface area contributed by atoms with Gasteiger partial charge in [0.05, 0.1) is 22.7 Å². The van der Waals surface area contributed by atoms with Crippen LogP contribution in [0, 0.1) is 5.92 Å². The molecule has 2 heterocycles. The second-order valence-corrected chi connectivity index (χ2v) is 6.85. The van der Waals surface area contributed by atoms with Gasteiger partial charge in [-0.05, 0) is 31.9 Å². The monoisotopic (exact) mass is 347 g/mol. The molecule has 1 aromatic heterocycles. The molecule has 1 aliphatic rings. The fourth-order valence-electron chi connectivity index (χ4n) is 2.93. The third-order valence-electron chi connectivity index (χ3n) is 4.20. The number of hydrogen-bond donors (Lipinski definition) is 0. The number of para-hydroxylation sites is 1. The van der Waals surface area contributed by atoms with Gasteiger partial charge in [0.2, 0.25) is 5.91 Å². The summed E-state index contributed by atoms with van der Waals surface area (Å²) in [5.41, 5.74) is 0.897. The number of ether oxygens (including phenoxy) is 1. The molecular weight excluding hydrogens is 326 g/mol. The Kier molecular flexibility index (Phi) is 4.99. The Morgan fingerprint density at radius 3 is 2.96 bits per heavy atom. The third kappa shape index (κ3) is 3.36. The van der Waals surface area contributed by atoms with Crippen molar-refractivity contribution < 1.29 is 14.3 Å². The first-order chi connectivity index (χ1) is 11.6. The van der Waals surface area contributed by atoms with Crippen LogP contribution in [-0.2, 0) is 9.53 Å². The number of aromatic nitrogens is 1. The molecule has 0 N–H and O–H groups in total. The van der Waals surface area contributed by atoms with E-state index in [0.717, 1.165) is 23.1 Å². The zero-order valence-electron chi connectivity index (χ0n) is 13.9. The van der Waals surface area contributed by atoms with Gasteiger partial charge in [0, 0.05) is 20.1 Å². The number of carbonyl (C=O) groups is 2. The van der Waals surface area contributed by atoms with Crippen LogP contribution in [0.4, 0.5) is 9.93 Å². The van der Waals surface area contributed by atoms with Crippen molar-refractivity contribution in [2.75, 3.05) is 31.6 Å². The van der Waals surface area contributed by atoms with E-state index in [-0.39, 0.29) is 17.9 Å². The number of likely N-dealkylation sites (tertiary alicyclic amines) is 1. The molecule has 0 aliphatic carbocycles. The van der Waals surface area contributed by atoms with Gasteiger partial charge in [0.15, 0.2) is 5.13 Å². The van der Waals surface area contributed by atoms with E-state index >= 15 is 0 Å². The predicted octanol–water partition coefficient (Wildman–Crippen LogP) is 3.13. The van der Waals surface area contributed by atoms with Crippen molar-refractivity contribution >= 4 is 38.7 Å². The topological polar surface area (TPSA) is 62.7 Å². The summed E-state index contributed by atoms with van der Waals surface area (Å²) in [6, 6.07) is 7.84. The summed E-state index contributed by atoms with van der Waals surface area (Å²) in [7, 11) is 1.75. The fourth-order valence-corrected chi connectivity index (χ4v) is 3.86. The lowest BCUT2D eigenvalue weighted by Crippen LogP contribution is -2.46. The van der Waals surface area contributed by atoms with Crippen molar-refractivity contribution in [3.8, 4) is 0 Å². The van der Waals surface area contributed by atoms with Gasteiger partial charge in [-0.2, -0.15) is 0 Å². The van der Waals surface area contributed by atoms with Crippen LogP contribution in [-0.4, -0.2) is 48.6 Å². The van der Waals surface area contributed by atoms with Crippen LogP contribution >= 0.6 is 11.3 Å². The number of hydrogen-bond acceptors (Lipinski definition) is 5. The molecular formula is C17H21N3O3S. The molecule has 128 valence electrons. The van der Waals surface area contributed by atoms with E-state index in [4.69, 9.17) is 4.74 Å². The number of rotatable bonds is 3. The van der Waals surface area contributed by atoms with Crippen LogP contribution in [0.5, 0.6) is 0 Å². The molecule has 0 spiro atoms. The van der Waals surface area contributed by atoms with E-state index in [1.54, 1.807) is 23.8 Å².